The van der Waals surface area contributed by atoms with Gasteiger partial charge in [-0.1, -0.05) is 0 Å². The largest absolute Gasteiger partial charge is 0.504 e. The highest BCUT2D eigenvalue weighted by Gasteiger charge is 2.09. The maximum Gasteiger partial charge on any atom is 0.200 e. The maximum atomic E-state index is 9.26. The van der Waals surface area contributed by atoms with Crippen LogP contribution in [-0.4, -0.2) is 20.3 Å². The molecule has 1 aromatic carbocycles. The summed E-state index contributed by atoms with van der Waals surface area (Å²) in [6.07, 6.45) is 1.73. The molecule has 1 heterocycles. The number of rotatable bonds is 1. The van der Waals surface area contributed by atoms with Gasteiger partial charge < -0.3 is 20.3 Å². The molecule has 4 nitrogen and oxygen atoms in total. The molecule has 1 aromatic heterocycles. The van der Waals surface area contributed by atoms with E-state index in [9.17, 15) is 10.2 Å². The third kappa shape index (κ3) is 1.26. The topological polar surface area (TPSA) is 76.5 Å². The summed E-state index contributed by atoms with van der Waals surface area (Å²) in [5, 5.41) is 27.6. The molecule has 0 atom stereocenters. The molecule has 0 aliphatic rings. The van der Waals surface area contributed by atoms with Crippen LogP contribution in [0, 0.1) is 0 Å². The Kier molecular flexibility index (Phi) is 1.81. The molecule has 14 heavy (non-hydrogen) atoms. The number of nitrogens with one attached hydrogen (secondary N) is 1. The molecule has 2 rings (SSSR count). The molecule has 0 radical (unpaired) electrons. The molecule has 4 N–H and O–H groups in total. The molecule has 0 bridgehead atoms. The number of hydrogen-bond donors (Lipinski definition) is 4. The van der Waals surface area contributed by atoms with Crippen molar-refractivity contribution in [2.24, 2.45) is 0 Å². The third-order valence-corrected chi connectivity index (χ3v) is 1.98. The average molecular weight is 191 g/mol. The molecule has 0 amide bonds. The highest BCUT2D eigenvalue weighted by atomic mass is 16.3. The van der Waals surface area contributed by atoms with Gasteiger partial charge in [0.25, 0.3) is 0 Å². The van der Waals surface area contributed by atoms with Crippen LogP contribution in [0.5, 0.6) is 17.2 Å². The Labute approximate surface area is 80.1 Å². The van der Waals surface area contributed by atoms with Crippen LogP contribution in [0.1, 0.15) is 0 Å². The van der Waals surface area contributed by atoms with E-state index >= 15 is 0 Å². The molecular weight excluding hydrogens is 182 g/mol. The smallest absolute Gasteiger partial charge is 0.200 e. The van der Waals surface area contributed by atoms with Crippen molar-refractivity contribution < 1.29 is 15.3 Å². The number of benzene rings is 1. The summed E-state index contributed by atoms with van der Waals surface area (Å²) in [7, 11) is 0. The predicted octanol–water partition coefficient (Wildman–Crippen LogP) is 1.80. The minimum Gasteiger partial charge on any atom is -0.504 e. The van der Waals surface area contributed by atoms with E-state index in [4.69, 9.17) is 5.11 Å². The predicted molar refractivity (Wildman–Crippen MR) is 51.2 cm³/mol. The van der Waals surface area contributed by atoms with Crippen LogP contribution in [0.2, 0.25) is 0 Å². The van der Waals surface area contributed by atoms with Crippen molar-refractivity contribution in [3.05, 3.63) is 30.5 Å². The Morgan fingerprint density at radius 2 is 1.64 bits per heavy atom. The van der Waals surface area contributed by atoms with Crippen LogP contribution in [-0.2, 0) is 0 Å². The van der Waals surface area contributed by atoms with Gasteiger partial charge >= 0.3 is 0 Å². The van der Waals surface area contributed by atoms with Crippen molar-refractivity contribution in [3.63, 3.8) is 0 Å². The molecular formula is C10H9NO3. The highest BCUT2D eigenvalue weighted by Crippen LogP contribution is 2.38. The number of aromatic amines is 1. The molecule has 0 aliphatic carbocycles. The lowest BCUT2D eigenvalue weighted by atomic mass is 10.1. The van der Waals surface area contributed by atoms with Crippen molar-refractivity contribution in [1.29, 1.82) is 0 Å². The standard InChI is InChI=1S/C10H9NO3/c12-8-4-6(5-9(13)10(8)14)7-2-1-3-11-7/h1-5,11-14H. The Morgan fingerprint density at radius 1 is 1.00 bits per heavy atom. The van der Waals surface area contributed by atoms with Crippen LogP contribution in [0.4, 0.5) is 0 Å². The zero-order chi connectivity index (χ0) is 10.1. The molecule has 72 valence electrons. The van der Waals surface area contributed by atoms with Gasteiger partial charge in [0.05, 0.1) is 0 Å². The summed E-state index contributed by atoms with van der Waals surface area (Å²) in [5.41, 5.74) is 1.37. The van der Waals surface area contributed by atoms with E-state index in [1.165, 1.54) is 12.1 Å². The average Bonchev–Trinajstić information content (AvgIpc) is 2.66. The fourth-order valence-corrected chi connectivity index (χ4v) is 1.27. The first-order valence-corrected chi connectivity index (χ1v) is 4.07. The van der Waals surface area contributed by atoms with E-state index in [0.29, 0.717) is 5.56 Å². The quantitative estimate of drug-likeness (QED) is 0.519. The van der Waals surface area contributed by atoms with Crippen molar-refractivity contribution in [2.75, 3.05) is 0 Å². The van der Waals surface area contributed by atoms with Crippen LogP contribution < -0.4 is 0 Å². The fourth-order valence-electron chi connectivity index (χ4n) is 1.27. The summed E-state index contributed by atoms with van der Waals surface area (Å²) >= 11 is 0. The Bertz CT molecular complexity index is 425. The summed E-state index contributed by atoms with van der Waals surface area (Å²) < 4.78 is 0. The minimum absolute atomic E-state index is 0.338. The lowest BCUT2D eigenvalue weighted by Gasteiger charge is -2.03. The van der Waals surface area contributed by atoms with Gasteiger partial charge in [-0.3, -0.25) is 0 Å². The van der Waals surface area contributed by atoms with Gasteiger partial charge in [0, 0.05) is 17.5 Å². The number of aromatic hydroxyl groups is 3. The summed E-state index contributed by atoms with van der Waals surface area (Å²) in [4.78, 5) is 2.92. The molecule has 0 spiro atoms. The van der Waals surface area contributed by atoms with E-state index in [2.05, 4.69) is 4.98 Å². The van der Waals surface area contributed by atoms with Crippen molar-refractivity contribution >= 4 is 0 Å². The second-order valence-electron chi connectivity index (χ2n) is 2.95. The number of phenolic OH excluding ortho intramolecular Hbond substituents is 3. The minimum atomic E-state index is -0.500. The number of phenols is 3. The van der Waals surface area contributed by atoms with Gasteiger partial charge in [-0.2, -0.15) is 0 Å². The SMILES string of the molecule is Oc1cc(-c2ccc[nH]2)cc(O)c1O. The fraction of sp³-hybridized carbons (Fsp3) is 0. The van der Waals surface area contributed by atoms with Crippen molar-refractivity contribution in [3.8, 4) is 28.5 Å². The van der Waals surface area contributed by atoms with Crippen molar-refractivity contribution in [1.82, 2.24) is 4.98 Å². The molecule has 2 aromatic rings. The maximum absolute atomic E-state index is 9.26. The first-order valence-electron chi connectivity index (χ1n) is 4.07. The van der Waals surface area contributed by atoms with Gasteiger partial charge in [0.15, 0.2) is 17.2 Å². The molecule has 0 saturated heterocycles. The van der Waals surface area contributed by atoms with Gasteiger partial charge in [0.2, 0.25) is 0 Å². The Morgan fingerprint density at radius 3 is 2.14 bits per heavy atom. The third-order valence-electron chi connectivity index (χ3n) is 1.98. The van der Waals surface area contributed by atoms with Gasteiger partial charge in [0.1, 0.15) is 0 Å². The zero-order valence-electron chi connectivity index (χ0n) is 7.23. The molecule has 0 unspecified atom stereocenters. The first-order chi connectivity index (χ1) is 6.68. The second-order valence-corrected chi connectivity index (χ2v) is 2.95. The molecule has 4 heteroatoms. The van der Waals surface area contributed by atoms with Crippen LogP contribution in [0.15, 0.2) is 30.5 Å². The van der Waals surface area contributed by atoms with Crippen LogP contribution in [0.3, 0.4) is 0 Å². The highest BCUT2D eigenvalue weighted by molar-refractivity contribution is 5.67. The molecule has 0 saturated carbocycles. The number of H-pyrrole nitrogens is 1. The lowest BCUT2D eigenvalue weighted by molar-refractivity contribution is 0.368. The zero-order valence-corrected chi connectivity index (χ0v) is 7.23. The van der Waals surface area contributed by atoms with E-state index in [1.54, 1.807) is 18.3 Å². The molecule has 0 aliphatic heterocycles. The number of aromatic nitrogens is 1. The number of hydrogen-bond acceptors (Lipinski definition) is 3. The monoisotopic (exact) mass is 191 g/mol. The van der Waals surface area contributed by atoms with Gasteiger partial charge in [-0.15, -0.1) is 0 Å². The van der Waals surface area contributed by atoms with E-state index in [0.717, 1.165) is 5.69 Å². The Balaban J connectivity index is 2.57. The lowest BCUT2D eigenvalue weighted by Crippen LogP contribution is -1.78. The van der Waals surface area contributed by atoms with Crippen LogP contribution >= 0.6 is 0 Å². The van der Waals surface area contributed by atoms with E-state index < -0.39 is 5.75 Å². The molecule has 0 fully saturated rings. The normalized spacial score (nSPS) is 10.3. The van der Waals surface area contributed by atoms with E-state index in [1.807, 2.05) is 0 Å². The van der Waals surface area contributed by atoms with Gasteiger partial charge in [-0.05, 0) is 24.3 Å². The van der Waals surface area contributed by atoms with E-state index in [-0.39, 0.29) is 11.5 Å². The van der Waals surface area contributed by atoms with Gasteiger partial charge in [-0.25, -0.2) is 0 Å². The first kappa shape index (κ1) is 8.50. The second kappa shape index (κ2) is 2.99. The summed E-state index contributed by atoms with van der Waals surface area (Å²) in [6, 6.07) is 6.35. The van der Waals surface area contributed by atoms with Crippen molar-refractivity contribution in [2.45, 2.75) is 0 Å². The van der Waals surface area contributed by atoms with Crippen LogP contribution in [0.25, 0.3) is 11.3 Å². The Hall–Kier alpha value is -2.10. The summed E-state index contributed by atoms with van der Waals surface area (Å²) in [6.45, 7) is 0. The summed E-state index contributed by atoms with van der Waals surface area (Å²) in [5.74, 6) is -1.18.